The van der Waals surface area contributed by atoms with Crippen molar-refractivity contribution < 1.29 is 9.53 Å². The van der Waals surface area contributed by atoms with Crippen molar-refractivity contribution in [3.05, 3.63) is 63.7 Å². The molecule has 3 rings (SSSR count). The van der Waals surface area contributed by atoms with Gasteiger partial charge in [-0.15, -0.1) is 0 Å². The monoisotopic (exact) mass is 386 g/mol. The summed E-state index contributed by atoms with van der Waals surface area (Å²) >= 11 is 5.94. The van der Waals surface area contributed by atoms with Gasteiger partial charge in [0.05, 0.1) is 0 Å². The van der Waals surface area contributed by atoms with E-state index in [4.69, 9.17) is 16.3 Å². The number of amides is 1. The van der Waals surface area contributed by atoms with Crippen LogP contribution < -0.4 is 4.74 Å². The molecule has 1 aliphatic rings. The molecule has 0 saturated carbocycles. The van der Waals surface area contributed by atoms with Gasteiger partial charge < -0.3 is 9.64 Å². The molecule has 0 atom stereocenters. The highest BCUT2D eigenvalue weighted by Gasteiger charge is 2.21. The molecule has 1 saturated heterocycles. The Morgan fingerprint density at radius 1 is 1.00 bits per heavy atom. The van der Waals surface area contributed by atoms with E-state index in [-0.39, 0.29) is 12.5 Å². The second kappa shape index (κ2) is 8.77. The lowest BCUT2D eigenvalue weighted by molar-refractivity contribution is -0.135. The number of benzene rings is 2. The summed E-state index contributed by atoms with van der Waals surface area (Å²) < 4.78 is 5.75. The minimum absolute atomic E-state index is 0.0528. The van der Waals surface area contributed by atoms with Crippen LogP contribution in [0.4, 0.5) is 0 Å². The molecule has 2 aromatic carbocycles. The second-order valence-electron chi connectivity index (χ2n) is 7.25. The normalized spacial score (nSPS) is 15.0. The molecule has 144 valence electrons. The lowest BCUT2D eigenvalue weighted by Gasteiger charge is -2.34. The summed E-state index contributed by atoms with van der Waals surface area (Å²) in [5.41, 5.74) is 4.89. The highest BCUT2D eigenvalue weighted by atomic mass is 35.5. The number of hydrogen-bond donors (Lipinski definition) is 0. The molecule has 1 amide bonds. The predicted molar refractivity (Wildman–Crippen MR) is 109 cm³/mol. The van der Waals surface area contributed by atoms with Crippen molar-refractivity contribution in [1.29, 1.82) is 0 Å². The van der Waals surface area contributed by atoms with Gasteiger partial charge in [0.1, 0.15) is 5.75 Å². The molecule has 0 unspecified atom stereocenters. The zero-order chi connectivity index (χ0) is 19.4. The summed E-state index contributed by atoms with van der Waals surface area (Å²) in [6, 6.07) is 11.9. The highest BCUT2D eigenvalue weighted by molar-refractivity contribution is 6.30. The summed E-state index contributed by atoms with van der Waals surface area (Å²) in [5, 5.41) is 0.758. The summed E-state index contributed by atoms with van der Waals surface area (Å²) in [5.74, 6) is 0.822. The number of aryl methyl sites for hydroxylation is 2. The van der Waals surface area contributed by atoms with Crippen LogP contribution in [-0.2, 0) is 11.3 Å². The van der Waals surface area contributed by atoms with Gasteiger partial charge in [-0.05, 0) is 67.3 Å². The van der Waals surface area contributed by atoms with Crippen LogP contribution in [0.25, 0.3) is 0 Å². The minimum Gasteiger partial charge on any atom is -0.484 e. The van der Waals surface area contributed by atoms with Crippen molar-refractivity contribution in [2.45, 2.75) is 27.3 Å². The number of piperazine rings is 1. The Balaban J connectivity index is 1.46. The number of ether oxygens (including phenoxy) is 1. The van der Waals surface area contributed by atoms with Gasteiger partial charge in [0.2, 0.25) is 0 Å². The molecule has 1 heterocycles. The molecule has 0 aliphatic carbocycles. The quantitative estimate of drug-likeness (QED) is 0.778. The van der Waals surface area contributed by atoms with Gasteiger partial charge in [-0.3, -0.25) is 9.69 Å². The first kappa shape index (κ1) is 19.7. The molecule has 0 bridgehead atoms. The maximum absolute atomic E-state index is 12.5. The average Bonchev–Trinajstić information content (AvgIpc) is 2.66. The lowest BCUT2D eigenvalue weighted by Crippen LogP contribution is -2.49. The topological polar surface area (TPSA) is 32.8 Å². The van der Waals surface area contributed by atoms with Crippen LogP contribution in [0.1, 0.15) is 22.3 Å². The van der Waals surface area contributed by atoms with E-state index >= 15 is 0 Å². The van der Waals surface area contributed by atoms with Crippen molar-refractivity contribution >= 4 is 17.5 Å². The van der Waals surface area contributed by atoms with E-state index in [1.54, 1.807) is 0 Å². The van der Waals surface area contributed by atoms with Crippen LogP contribution in [0.5, 0.6) is 5.75 Å². The Morgan fingerprint density at radius 3 is 2.19 bits per heavy atom. The maximum Gasteiger partial charge on any atom is 0.260 e. The van der Waals surface area contributed by atoms with Gasteiger partial charge in [0, 0.05) is 37.7 Å². The molecule has 0 aromatic heterocycles. The molecular weight excluding hydrogens is 360 g/mol. The van der Waals surface area contributed by atoms with E-state index in [1.165, 1.54) is 22.3 Å². The fourth-order valence-electron chi connectivity index (χ4n) is 3.32. The van der Waals surface area contributed by atoms with Gasteiger partial charge in [0.15, 0.2) is 6.61 Å². The number of carbonyl (C=O) groups excluding carboxylic acids is 1. The minimum atomic E-state index is 0.0528. The first-order chi connectivity index (χ1) is 12.9. The summed E-state index contributed by atoms with van der Waals surface area (Å²) in [6.45, 7) is 10.4. The fourth-order valence-corrected chi connectivity index (χ4v) is 3.45. The third kappa shape index (κ3) is 5.24. The number of hydrogen-bond acceptors (Lipinski definition) is 3. The van der Waals surface area contributed by atoms with Crippen molar-refractivity contribution in [2.24, 2.45) is 0 Å². The van der Waals surface area contributed by atoms with E-state index < -0.39 is 0 Å². The molecule has 0 N–H and O–H groups in total. The Kier molecular flexibility index (Phi) is 6.40. The average molecular weight is 387 g/mol. The Morgan fingerprint density at radius 2 is 1.59 bits per heavy atom. The predicted octanol–water partition coefficient (Wildman–Crippen LogP) is 3.99. The first-order valence-corrected chi connectivity index (χ1v) is 9.75. The van der Waals surface area contributed by atoms with Gasteiger partial charge in [-0.1, -0.05) is 23.7 Å². The van der Waals surface area contributed by atoms with Gasteiger partial charge >= 0.3 is 0 Å². The van der Waals surface area contributed by atoms with E-state index in [0.717, 1.165) is 43.5 Å². The van der Waals surface area contributed by atoms with Crippen molar-refractivity contribution in [1.82, 2.24) is 9.80 Å². The molecular formula is C22H27ClN2O2. The molecule has 4 nitrogen and oxygen atoms in total. The second-order valence-corrected chi connectivity index (χ2v) is 7.69. The van der Waals surface area contributed by atoms with E-state index in [1.807, 2.05) is 29.2 Å². The number of nitrogens with zero attached hydrogens (tertiary/aromatic N) is 2. The largest absolute Gasteiger partial charge is 0.484 e. The first-order valence-electron chi connectivity index (χ1n) is 9.37. The van der Waals surface area contributed by atoms with Crippen LogP contribution in [0.2, 0.25) is 5.02 Å². The summed E-state index contributed by atoms with van der Waals surface area (Å²) in [7, 11) is 0. The smallest absolute Gasteiger partial charge is 0.260 e. The zero-order valence-corrected chi connectivity index (χ0v) is 17.1. The van der Waals surface area contributed by atoms with Crippen LogP contribution in [-0.4, -0.2) is 48.5 Å². The lowest BCUT2D eigenvalue weighted by atomic mass is 10.0. The third-order valence-electron chi connectivity index (χ3n) is 5.31. The Bertz CT molecular complexity index is 773. The number of rotatable bonds is 5. The number of carbonyl (C=O) groups is 1. The molecule has 1 fully saturated rings. The van der Waals surface area contributed by atoms with E-state index in [9.17, 15) is 4.79 Å². The van der Waals surface area contributed by atoms with Gasteiger partial charge in [-0.25, -0.2) is 0 Å². The Hall–Kier alpha value is -2.04. The van der Waals surface area contributed by atoms with Crippen molar-refractivity contribution in [3.8, 4) is 5.75 Å². The van der Waals surface area contributed by atoms with Gasteiger partial charge in [0.25, 0.3) is 5.91 Å². The highest BCUT2D eigenvalue weighted by Crippen LogP contribution is 2.21. The van der Waals surface area contributed by atoms with Crippen molar-refractivity contribution in [2.75, 3.05) is 32.8 Å². The third-order valence-corrected chi connectivity index (χ3v) is 5.56. The zero-order valence-electron chi connectivity index (χ0n) is 16.3. The maximum atomic E-state index is 12.5. The molecule has 0 radical (unpaired) electrons. The molecule has 5 heteroatoms. The van der Waals surface area contributed by atoms with Gasteiger partial charge in [-0.2, -0.15) is 0 Å². The van der Waals surface area contributed by atoms with Crippen LogP contribution in [0.3, 0.4) is 0 Å². The SMILES string of the molecule is Cc1cc(OCC(=O)N2CCN(Cc3ccc(Cl)cc3)CC2)cc(C)c1C. The molecule has 1 aliphatic heterocycles. The number of halogens is 1. The Labute approximate surface area is 166 Å². The van der Waals surface area contributed by atoms with Crippen LogP contribution in [0.15, 0.2) is 36.4 Å². The standard InChI is InChI=1S/C22H27ClN2O2/c1-16-12-21(13-17(2)18(16)3)27-15-22(26)25-10-8-24(9-11-25)14-19-4-6-20(23)7-5-19/h4-7,12-13H,8-11,14-15H2,1-3H3. The summed E-state index contributed by atoms with van der Waals surface area (Å²) in [6.07, 6.45) is 0. The molecule has 2 aromatic rings. The fraction of sp³-hybridized carbons (Fsp3) is 0.409. The van der Waals surface area contributed by atoms with E-state index in [2.05, 4.69) is 37.8 Å². The van der Waals surface area contributed by atoms with Crippen LogP contribution >= 0.6 is 11.6 Å². The van der Waals surface area contributed by atoms with E-state index in [0.29, 0.717) is 0 Å². The molecule has 0 spiro atoms. The molecule has 27 heavy (non-hydrogen) atoms. The van der Waals surface area contributed by atoms with Crippen molar-refractivity contribution in [3.63, 3.8) is 0 Å². The van der Waals surface area contributed by atoms with Crippen LogP contribution in [0, 0.1) is 20.8 Å². The summed E-state index contributed by atoms with van der Waals surface area (Å²) in [4.78, 5) is 16.7.